The van der Waals surface area contributed by atoms with Crippen LogP contribution in [0, 0.1) is 13.8 Å². The number of anilines is 1. The number of hydrogen-bond acceptors (Lipinski definition) is 7. The largest absolute Gasteiger partial charge is 0.492 e. The van der Waals surface area contributed by atoms with Crippen LogP contribution < -0.4 is 9.64 Å². The van der Waals surface area contributed by atoms with E-state index in [0.29, 0.717) is 30.6 Å². The second kappa shape index (κ2) is 8.04. The summed E-state index contributed by atoms with van der Waals surface area (Å²) in [5.41, 5.74) is 2.73. The van der Waals surface area contributed by atoms with Gasteiger partial charge >= 0.3 is 0 Å². The Morgan fingerprint density at radius 3 is 2.86 bits per heavy atom. The van der Waals surface area contributed by atoms with Crippen molar-refractivity contribution in [2.24, 2.45) is 0 Å². The van der Waals surface area contributed by atoms with Gasteiger partial charge in [0.15, 0.2) is 5.13 Å². The SMILES string of the molecule is CCOc1cccc2sc(N(CCn3nc(C)cc3C)C(=O)c3ccno3)nc12. The Hall–Kier alpha value is -3.20. The van der Waals surface area contributed by atoms with Crippen LogP contribution in [0.5, 0.6) is 5.75 Å². The Bertz CT molecular complexity index is 1130. The van der Waals surface area contributed by atoms with E-state index >= 15 is 0 Å². The fourth-order valence-electron chi connectivity index (χ4n) is 3.14. The zero-order chi connectivity index (χ0) is 20.4. The highest BCUT2D eigenvalue weighted by Crippen LogP contribution is 2.34. The lowest BCUT2D eigenvalue weighted by atomic mass is 10.3. The Morgan fingerprint density at radius 1 is 1.31 bits per heavy atom. The van der Waals surface area contributed by atoms with Crippen LogP contribution in [0.1, 0.15) is 28.9 Å². The summed E-state index contributed by atoms with van der Waals surface area (Å²) in [6.45, 7) is 7.35. The van der Waals surface area contributed by atoms with Crippen molar-refractivity contribution < 1.29 is 14.1 Å². The minimum atomic E-state index is -0.291. The molecule has 3 aromatic heterocycles. The molecule has 9 heteroatoms. The molecule has 0 spiro atoms. The summed E-state index contributed by atoms with van der Waals surface area (Å²) < 4.78 is 13.6. The molecule has 4 aromatic rings. The number of thiazole rings is 1. The maximum atomic E-state index is 13.1. The van der Waals surface area contributed by atoms with Crippen molar-refractivity contribution in [2.75, 3.05) is 18.1 Å². The summed E-state index contributed by atoms with van der Waals surface area (Å²) in [7, 11) is 0. The second-order valence-electron chi connectivity index (χ2n) is 6.52. The highest BCUT2D eigenvalue weighted by molar-refractivity contribution is 7.22. The average molecular weight is 411 g/mol. The van der Waals surface area contributed by atoms with Crippen LogP contribution in [0.25, 0.3) is 10.2 Å². The maximum absolute atomic E-state index is 13.1. The Balaban J connectivity index is 1.69. The third kappa shape index (κ3) is 3.86. The van der Waals surface area contributed by atoms with Crippen LogP contribution in [-0.2, 0) is 6.54 Å². The van der Waals surface area contributed by atoms with Crippen molar-refractivity contribution in [1.29, 1.82) is 0 Å². The molecule has 0 saturated carbocycles. The van der Waals surface area contributed by atoms with Gasteiger partial charge in [0.05, 0.1) is 29.7 Å². The quantitative estimate of drug-likeness (QED) is 0.459. The number of amides is 1. The maximum Gasteiger partial charge on any atom is 0.298 e. The standard InChI is InChI=1S/C20H21N5O3S/c1-4-27-15-6-5-7-17-18(15)22-20(29-17)24(19(26)16-8-9-21-28-16)10-11-25-14(3)12-13(2)23-25/h5-9,12H,4,10-11H2,1-3H3. The van der Waals surface area contributed by atoms with Crippen molar-refractivity contribution in [3.05, 3.63) is 53.7 Å². The molecule has 0 unspecified atom stereocenters. The molecule has 0 radical (unpaired) electrons. The molecule has 0 atom stereocenters. The van der Waals surface area contributed by atoms with E-state index in [0.717, 1.165) is 21.6 Å². The molecular formula is C20H21N5O3S. The van der Waals surface area contributed by atoms with Gasteiger partial charge in [0, 0.05) is 18.3 Å². The molecule has 29 heavy (non-hydrogen) atoms. The molecule has 1 amide bonds. The lowest BCUT2D eigenvalue weighted by Gasteiger charge is -2.18. The first-order valence-electron chi connectivity index (χ1n) is 9.32. The molecule has 150 valence electrons. The van der Waals surface area contributed by atoms with Crippen molar-refractivity contribution in [2.45, 2.75) is 27.3 Å². The summed E-state index contributed by atoms with van der Waals surface area (Å²) in [5, 5.41) is 8.72. The molecule has 3 heterocycles. The van der Waals surface area contributed by atoms with E-state index in [2.05, 4.69) is 10.3 Å². The first-order valence-corrected chi connectivity index (χ1v) is 10.1. The number of benzene rings is 1. The van der Waals surface area contributed by atoms with Gasteiger partial charge in [0.25, 0.3) is 5.91 Å². The van der Waals surface area contributed by atoms with Crippen molar-refractivity contribution in [3.63, 3.8) is 0 Å². The molecular weight excluding hydrogens is 390 g/mol. The van der Waals surface area contributed by atoms with E-state index in [1.165, 1.54) is 17.5 Å². The smallest absolute Gasteiger partial charge is 0.298 e. The fourth-order valence-corrected chi connectivity index (χ4v) is 4.15. The molecule has 0 N–H and O–H groups in total. The second-order valence-corrected chi connectivity index (χ2v) is 7.53. The number of hydrogen-bond donors (Lipinski definition) is 0. The zero-order valence-electron chi connectivity index (χ0n) is 16.5. The minimum Gasteiger partial charge on any atom is -0.492 e. The molecule has 0 bridgehead atoms. The van der Waals surface area contributed by atoms with E-state index in [-0.39, 0.29) is 11.7 Å². The van der Waals surface area contributed by atoms with Gasteiger partial charge in [-0.3, -0.25) is 14.4 Å². The van der Waals surface area contributed by atoms with Gasteiger partial charge in [-0.1, -0.05) is 22.6 Å². The van der Waals surface area contributed by atoms with Crippen LogP contribution in [-0.4, -0.2) is 39.0 Å². The van der Waals surface area contributed by atoms with Crippen LogP contribution in [0.2, 0.25) is 0 Å². The van der Waals surface area contributed by atoms with Gasteiger partial charge in [0.1, 0.15) is 11.3 Å². The van der Waals surface area contributed by atoms with Crippen LogP contribution in [0.3, 0.4) is 0 Å². The summed E-state index contributed by atoms with van der Waals surface area (Å²) in [6, 6.07) is 9.34. The highest BCUT2D eigenvalue weighted by atomic mass is 32.1. The van der Waals surface area contributed by atoms with Gasteiger partial charge in [0.2, 0.25) is 5.76 Å². The lowest BCUT2D eigenvalue weighted by Crippen LogP contribution is -2.34. The number of carbonyl (C=O) groups is 1. The molecule has 0 fully saturated rings. The Labute approximate surface area is 171 Å². The number of aryl methyl sites for hydroxylation is 2. The third-order valence-corrected chi connectivity index (χ3v) is 5.48. The topological polar surface area (TPSA) is 86.3 Å². The number of para-hydroxylation sites is 1. The summed E-state index contributed by atoms with van der Waals surface area (Å²) in [4.78, 5) is 19.4. The molecule has 0 aliphatic rings. The van der Waals surface area contributed by atoms with E-state index in [9.17, 15) is 4.79 Å². The third-order valence-electron chi connectivity index (χ3n) is 4.43. The van der Waals surface area contributed by atoms with E-state index < -0.39 is 0 Å². The molecule has 0 aliphatic heterocycles. The van der Waals surface area contributed by atoms with Gasteiger partial charge in [-0.15, -0.1) is 0 Å². The predicted octanol–water partition coefficient (Wildman–Crippen LogP) is 3.84. The zero-order valence-corrected chi connectivity index (χ0v) is 17.3. The van der Waals surface area contributed by atoms with Gasteiger partial charge < -0.3 is 9.26 Å². The van der Waals surface area contributed by atoms with Gasteiger partial charge in [-0.25, -0.2) is 4.98 Å². The molecule has 4 rings (SSSR count). The van der Waals surface area contributed by atoms with Crippen LogP contribution in [0.15, 0.2) is 41.1 Å². The van der Waals surface area contributed by atoms with E-state index in [1.807, 2.05) is 49.7 Å². The normalized spacial score (nSPS) is 11.1. The average Bonchev–Trinajstić information content (AvgIpc) is 3.43. The van der Waals surface area contributed by atoms with Crippen LogP contribution in [0.4, 0.5) is 5.13 Å². The fraction of sp³-hybridized carbons (Fsp3) is 0.300. The number of aromatic nitrogens is 4. The highest BCUT2D eigenvalue weighted by Gasteiger charge is 2.25. The lowest BCUT2D eigenvalue weighted by molar-refractivity contribution is 0.0950. The molecule has 1 aromatic carbocycles. The van der Waals surface area contributed by atoms with Crippen molar-refractivity contribution in [3.8, 4) is 5.75 Å². The molecule has 8 nitrogen and oxygen atoms in total. The number of nitrogens with zero attached hydrogens (tertiary/aromatic N) is 5. The molecule has 0 saturated heterocycles. The van der Waals surface area contributed by atoms with Crippen molar-refractivity contribution in [1.82, 2.24) is 19.9 Å². The van der Waals surface area contributed by atoms with Gasteiger partial charge in [-0.2, -0.15) is 5.10 Å². The van der Waals surface area contributed by atoms with Gasteiger partial charge in [-0.05, 0) is 39.0 Å². The van der Waals surface area contributed by atoms with Crippen molar-refractivity contribution >= 4 is 32.6 Å². The number of ether oxygens (including phenoxy) is 1. The first-order chi connectivity index (χ1) is 14.1. The summed E-state index contributed by atoms with van der Waals surface area (Å²) in [5.74, 6) is 0.585. The predicted molar refractivity (Wildman–Crippen MR) is 111 cm³/mol. The number of fused-ring (bicyclic) bond motifs is 1. The Kier molecular flexibility index (Phi) is 5.30. The van der Waals surface area contributed by atoms with Crippen LogP contribution >= 0.6 is 11.3 Å². The summed E-state index contributed by atoms with van der Waals surface area (Å²) >= 11 is 1.44. The summed E-state index contributed by atoms with van der Waals surface area (Å²) in [6.07, 6.45) is 1.46. The number of carbonyl (C=O) groups excluding carboxylic acids is 1. The first kappa shape index (κ1) is 19.1. The molecule has 0 aliphatic carbocycles. The monoisotopic (exact) mass is 411 g/mol. The van der Waals surface area contributed by atoms with E-state index in [4.69, 9.17) is 14.2 Å². The minimum absolute atomic E-state index is 0.169. The number of rotatable bonds is 7. The van der Waals surface area contributed by atoms with E-state index in [1.54, 1.807) is 11.0 Å². The Morgan fingerprint density at radius 2 is 2.17 bits per heavy atom.